The summed E-state index contributed by atoms with van der Waals surface area (Å²) in [5.41, 5.74) is 1.05. The van der Waals surface area contributed by atoms with Crippen molar-refractivity contribution >= 4 is 27.9 Å². The Morgan fingerprint density at radius 3 is 2.70 bits per heavy atom. The van der Waals surface area contributed by atoms with Gasteiger partial charge in [0.15, 0.2) is 22.6 Å². The molecule has 0 radical (unpaired) electrons. The maximum absolute atomic E-state index is 13.1. The van der Waals surface area contributed by atoms with Crippen LogP contribution in [0.4, 0.5) is 10.2 Å². The zero-order valence-corrected chi connectivity index (χ0v) is 16.9. The third-order valence-corrected chi connectivity index (χ3v) is 5.22. The maximum Gasteiger partial charge on any atom is 0.270 e. The van der Waals surface area contributed by atoms with Crippen LogP contribution in [0.3, 0.4) is 0 Å². The van der Waals surface area contributed by atoms with E-state index < -0.39 is 11.2 Å². The van der Waals surface area contributed by atoms with E-state index in [0.717, 1.165) is 5.56 Å². The molecular weight excluding hydrogens is 411 g/mol. The molecule has 1 atom stereocenters. The number of nitrogens with one attached hydrogen (secondary N) is 1. The molecule has 11 heteroatoms. The number of anilines is 1. The Balaban J connectivity index is 1.73. The molecule has 0 amide bonds. The summed E-state index contributed by atoms with van der Waals surface area (Å²) in [4.78, 5) is 8.55. The summed E-state index contributed by atoms with van der Waals surface area (Å²) < 4.78 is 35.2. The van der Waals surface area contributed by atoms with Gasteiger partial charge in [0.25, 0.3) is 5.89 Å². The zero-order valence-electron chi connectivity index (χ0n) is 16.0. The monoisotopic (exact) mass is 428 g/mol. The van der Waals surface area contributed by atoms with Gasteiger partial charge in [-0.25, -0.2) is 17.9 Å². The smallest absolute Gasteiger partial charge is 0.270 e. The van der Waals surface area contributed by atoms with Crippen molar-refractivity contribution in [1.82, 2.24) is 24.5 Å². The van der Waals surface area contributed by atoms with Gasteiger partial charge in [0.1, 0.15) is 17.2 Å². The maximum atomic E-state index is 13.1. The minimum Gasteiger partial charge on any atom is -0.504 e. The lowest BCUT2D eigenvalue weighted by molar-refractivity contribution is 0.471. The lowest BCUT2D eigenvalue weighted by Crippen LogP contribution is -2.22. The molecule has 2 N–H and O–H groups in total. The molecule has 154 valence electrons. The third kappa shape index (κ3) is 3.98. The molecule has 1 unspecified atom stereocenters. The van der Waals surface area contributed by atoms with Crippen molar-refractivity contribution in [3.63, 3.8) is 0 Å². The number of hydrogen-bond acceptors (Lipinski definition) is 7. The number of halogens is 1. The molecule has 0 fully saturated rings. The van der Waals surface area contributed by atoms with Crippen LogP contribution in [0, 0.1) is 5.82 Å². The van der Waals surface area contributed by atoms with Crippen LogP contribution in [0.15, 0.2) is 47.0 Å². The molecule has 9 nitrogen and oxygen atoms in total. The normalized spacial score (nSPS) is 12.4. The van der Waals surface area contributed by atoms with Crippen molar-refractivity contribution in [1.29, 1.82) is 0 Å². The molecule has 3 aromatic heterocycles. The van der Waals surface area contributed by atoms with Crippen molar-refractivity contribution in [2.45, 2.75) is 6.42 Å². The predicted octanol–water partition coefficient (Wildman–Crippen LogP) is 2.67. The summed E-state index contributed by atoms with van der Waals surface area (Å²) in [5, 5.41) is 19.1. The molecule has 0 saturated carbocycles. The van der Waals surface area contributed by atoms with E-state index in [1.165, 1.54) is 22.6 Å². The second kappa shape index (κ2) is 8.13. The van der Waals surface area contributed by atoms with Gasteiger partial charge in [-0.3, -0.25) is 9.71 Å². The van der Waals surface area contributed by atoms with Crippen LogP contribution in [0.25, 0.3) is 22.5 Å². The number of rotatable bonds is 6. The molecule has 3 heterocycles. The number of benzene rings is 1. The number of fused-ring (bicyclic) bond motifs is 1. The Morgan fingerprint density at radius 1 is 1.20 bits per heavy atom. The first-order chi connectivity index (χ1) is 14.4. The second-order valence-corrected chi connectivity index (χ2v) is 7.96. The lowest BCUT2D eigenvalue weighted by atomic mass is 10.1. The average molecular weight is 428 g/mol. The fourth-order valence-corrected chi connectivity index (χ4v) is 3.22. The Hall–Kier alpha value is -3.44. The molecule has 4 rings (SSSR count). The number of aromatic hydroxyl groups is 1. The fourth-order valence-electron chi connectivity index (χ4n) is 2.72. The molecule has 4 aromatic rings. The fraction of sp³-hybridized carbons (Fsp3) is 0.158. The highest BCUT2D eigenvalue weighted by Gasteiger charge is 2.21. The van der Waals surface area contributed by atoms with Crippen LogP contribution < -0.4 is 4.72 Å². The first kappa shape index (κ1) is 19.9. The Morgan fingerprint density at radius 2 is 1.97 bits per heavy atom. The Bertz CT molecular complexity index is 1230. The Kier molecular flexibility index (Phi) is 5.38. The summed E-state index contributed by atoms with van der Waals surface area (Å²) >= 11 is -1.56. The average Bonchev–Trinajstić information content (AvgIpc) is 3.20. The molecule has 0 bridgehead atoms. The molecular formula is C19H17FN6O3S. The van der Waals surface area contributed by atoms with Crippen molar-refractivity contribution < 1.29 is 18.1 Å². The minimum atomic E-state index is -1.56. The van der Waals surface area contributed by atoms with E-state index in [2.05, 4.69) is 24.9 Å². The quantitative estimate of drug-likeness (QED) is 0.485. The van der Waals surface area contributed by atoms with Gasteiger partial charge < -0.3 is 9.52 Å². The molecule has 0 aliphatic rings. The Labute approximate surface area is 173 Å². The topological polar surface area (TPSA) is 117 Å². The van der Waals surface area contributed by atoms with Crippen LogP contribution in [0.1, 0.15) is 11.5 Å². The number of pyridine rings is 2. The highest BCUT2D eigenvalue weighted by atomic mass is 32.2. The SMILES string of the molecule is CN(C)S(=O)Nc1nc(-c2nnc(Cc3ccc(F)cc3)o2)c(O)c2ncccc12. The molecule has 30 heavy (non-hydrogen) atoms. The van der Waals surface area contributed by atoms with Crippen LogP contribution in [-0.2, 0) is 17.6 Å². The zero-order chi connectivity index (χ0) is 21.3. The number of nitrogens with zero attached hydrogens (tertiary/aromatic N) is 5. The van der Waals surface area contributed by atoms with Gasteiger partial charge in [-0.1, -0.05) is 12.1 Å². The molecule has 0 aliphatic carbocycles. The predicted molar refractivity (Wildman–Crippen MR) is 109 cm³/mol. The summed E-state index contributed by atoms with van der Waals surface area (Å²) in [7, 11) is 3.29. The summed E-state index contributed by atoms with van der Waals surface area (Å²) in [6, 6.07) is 9.30. The summed E-state index contributed by atoms with van der Waals surface area (Å²) in [5.74, 6) is -0.0703. The van der Waals surface area contributed by atoms with E-state index >= 15 is 0 Å². The van der Waals surface area contributed by atoms with Gasteiger partial charge in [0.05, 0.1) is 6.42 Å². The van der Waals surface area contributed by atoms with Crippen molar-refractivity contribution in [3.05, 3.63) is 59.9 Å². The molecule has 0 saturated heterocycles. The van der Waals surface area contributed by atoms with Crippen molar-refractivity contribution in [3.8, 4) is 17.3 Å². The highest BCUT2D eigenvalue weighted by molar-refractivity contribution is 7.84. The van der Waals surface area contributed by atoms with Crippen LogP contribution in [0.5, 0.6) is 5.75 Å². The van der Waals surface area contributed by atoms with Crippen molar-refractivity contribution in [2.75, 3.05) is 18.8 Å². The minimum absolute atomic E-state index is 0.0114. The standard InChI is InChI=1S/C19H17FN6O3S/c1-26(2)30(28)25-18-13-4-3-9-21-15(13)17(27)16(22-18)19-24-23-14(29-19)10-11-5-7-12(20)8-6-11/h3-9,27H,10H2,1-2H3,(H,22,25). The second-order valence-electron chi connectivity index (χ2n) is 6.52. The van der Waals surface area contributed by atoms with Gasteiger partial charge in [0, 0.05) is 25.7 Å². The van der Waals surface area contributed by atoms with E-state index in [1.54, 1.807) is 38.4 Å². The number of aromatic nitrogens is 4. The van der Waals surface area contributed by atoms with Crippen LogP contribution >= 0.6 is 0 Å². The summed E-state index contributed by atoms with van der Waals surface area (Å²) in [6.07, 6.45) is 1.81. The van der Waals surface area contributed by atoms with E-state index in [-0.39, 0.29) is 46.8 Å². The van der Waals surface area contributed by atoms with Crippen molar-refractivity contribution in [2.24, 2.45) is 0 Å². The van der Waals surface area contributed by atoms with Crippen LogP contribution in [-0.4, -0.2) is 47.9 Å². The largest absolute Gasteiger partial charge is 0.504 e. The van der Waals surface area contributed by atoms with E-state index in [9.17, 15) is 13.7 Å². The van der Waals surface area contributed by atoms with E-state index in [0.29, 0.717) is 5.39 Å². The van der Waals surface area contributed by atoms with Gasteiger partial charge in [-0.05, 0) is 29.8 Å². The first-order valence-electron chi connectivity index (χ1n) is 8.83. The highest BCUT2D eigenvalue weighted by Crippen LogP contribution is 2.36. The van der Waals surface area contributed by atoms with E-state index in [1.807, 2.05) is 0 Å². The van der Waals surface area contributed by atoms with Gasteiger partial charge >= 0.3 is 0 Å². The lowest BCUT2D eigenvalue weighted by Gasteiger charge is -2.13. The van der Waals surface area contributed by atoms with Gasteiger partial charge in [0.2, 0.25) is 5.89 Å². The van der Waals surface area contributed by atoms with Gasteiger partial charge in [-0.2, -0.15) is 0 Å². The summed E-state index contributed by atoms with van der Waals surface area (Å²) in [6.45, 7) is 0. The third-order valence-electron chi connectivity index (χ3n) is 4.19. The van der Waals surface area contributed by atoms with Crippen LogP contribution in [0.2, 0.25) is 0 Å². The van der Waals surface area contributed by atoms with E-state index in [4.69, 9.17) is 4.42 Å². The first-order valence-corrected chi connectivity index (χ1v) is 9.94. The molecule has 0 aliphatic heterocycles. The number of hydrogen-bond donors (Lipinski definition) is 2. The van der Waals surface area contributed by atoms with Gasteiger partial charge in [-0.15, -0.1) is 10.2 Å². The molecule has 1 aromatic carbocycles. The molecule has 0 spiro atoms.